The Hall–Kier alpha value is -1.87. The fourth-order valence-corrected chi connectivity index (χ4v) is 5.96. The maximum absolute atomic E-state index is 13.5. The first-order valence-corrected chi connectivity index (χ1v) is 13.0. The molecule has 2 aromatic carbocycles. The van der Waals surface area contributed by atoms with Crippen molar-refractivity contribution in [2.24, 2.45) is 0 Å². The van der Waals surface area contributed by atoms with Crippen molar-refractivity contribution in [3.8, 4) is 11.5 Å². The Bertz CT molecular complexity index is 943. The summed E-state index contributed by atoms with van der Waals surface area (Å²) in [4.78, 5) is 13.9. The van der Waals surface area contributed by atoms with E-state index in [0.29, 0.717) is 30.3 Å². The fourth-order valence-electron chi connectivity index (χ4n) is 3.58. The molecule has 1 heterocycles. The number of carbonyl (C=O) groups is 1. The third kappa shape index (κ3) is 6.80. The number of hydrogen-bond donors (Lipinski definition) is 0. The van der Waals surface area contributed by atoms with E-state index in [1.54, 1.807) is 24.3 Å². The molecule has 0 spiro atoms. The van der Waals surface area contributed by atoms with Crippen LogP contribution in [0, 0.1) is 0 Å². The summed E-state index contributed by atoms with van der Waals surface area (Å²) < 4.78 is 34.2. The highest BCUT2D eigenvalue weighted by Crippen LogP contribution is 2.26. The summed E-state index contributed by atoms with van der Waals surface area (Å²) in [5, 5.41) is -0.00819. The van der Waals surface area contributed by atoms with E-state index < -0.39 is 10.0 Å². The maximum atomic E-state index is 13.5. The van der Waals surface area contributed by atoms with E-state index in [-0.39, 0.29) is 16.1 Å². The molecule has 1 fully saturated rings. The zero-order valence-corrected chi connectivity index (χ0v) is 19.7. The zero-order chi connectivity index (χ0) is 22.3. The van der Waals surface area contributed by atoms with E-state index in [2.05, 4.69) is 4.90 Å². The molecule has 1 aliphatic heterocycles. The first kappa shape index (κ1) is 23.8. The lowest BCUT2D eigenvalue weighted by Crippen LogP contribution is -2.44. The van der Waals surface area contributed by atoms with Crippen LogP contribution in [-0.4, -0.2) is 60.7 Å². The molecule has 0 bridgehead atoms. The summed E-state index contributed by atoms with van der Waals surface area (Å²) in [6.07, 6.45) is 2.32. The van der Waals surface area contributed by atoms with Gasteiger partial charge in [0.05, 0.1) is 4.90 Å². The molecule has 0 N–H and O–H groups in total. The van der Waals surface area contributed by atoms with Gasteiger partial charge in [-0.15, -0.1) is 0 Å². The second kappa shape index (κ2) is 11.1. The van der Waals surface area contributed by atoms with E-state index in [9.17, 15) is 13.2 Å². The second-order valence-corrected chi connectivity index (χ2v) is 10.8. The van der Waals surface area contributed by atoms with Crippen LogP contribution < -0.4 is 4.74 Å². The predicted octanol–water partition coefficient (Wildman–Crippen LogP) is 4.23. The number of ether oxygens (including phenoxy) is 1. The Morgan fingerprint density at radius 2 is 1.68 bits per heavy atom. The van der Waals surface area contributed by atoms with Crippen molar-refractivity contribution >= 4 is 26.9 Å². The normalized spacial score (nSPS) is 15.8. The topological polar surface area (TPSA) is 66.9 Å². The summed E-state index contributed by atoms with van der Waals surface area (Å²) in [5.41, 5.74) is 0. The smallest absolute Gasteiger partial charge is 0.243 e. The standard InChI is InChI=1S/C23H30N2O4S2/c1-19(18-30-20(2)26)25(17-16-24-14-6-7-15-24)31(27,28)23-12-10-22(11-13-23)29-21-8-4-3-5-9-21/h3-5,8-13,19H,6-7,14-18H2,1-2H3/t19-/m1/s1. The van der Waals surface area contributed by atoms with Crippen LogP contribution in [0.15, 0.2) is 59.5 Å². The zero-order valence-electron chi connectivity index (χ0n) is 18.1. The Labute approximate surface area is 189 Å². The minimum absolute atomic E-state index is 0.00819. The summed E-state index contributed by atoms with van der Waals surface area (Å²) in [5.74, 6) is 1.71. The average molecular weight is 463 g/mol. The van der Waals surface area contributed by atoms with Gasteiger partial charge in [-0.25, -0.2) is 8.42 Å². The fraction of sp³-hybridized carbons (Fsp3) is 0.435. The van der Waals surface area contributed by atoms with E-state index in [1.165, 1.54) is 11.2 Å². The van der Waals surface area contributed by atoms with Crippen LogP contribution in [0.25, 0.3) is 0 Å². The number of para-hydroxylation sites is 1. The molecule has 0 saturated carbocycles. The minimum atomic E-state index is -3.70. The number of likely N-dealkylation sites (tertiary alicyclic amines) is 1. The lowest BCUT2D eigenvalue weighted by molar-refractivity contribution is -0.109. The first-order valence-electron chi connectivity index (χ1n) is 10.6. The summed E-state index contributed by atoms with van der Waals surface area (Å²) in [7, 11) is -3.70. The van der Waals surface area contributed by atoms with Gasteiger partial charge in [0.15, 0.2) is 5.12 Å². The molecule has 6 nitrogen and oxygen atoms in total. The number of sulfonamides is 1. The van der Waals surface area contributed by atoms with E-state index in [0.717, 1.165) is 37.7 Å². The molecule has 1 aliphatic rings. The molecular formula is C23H30N2O4S2. The van der Waals surface area contributed by atoms with Crippen molar-refractivity contribution in [1.29, 1.82) is 0 Å². The number of benzene rings is 2. The Morgan fingerprint density at radius 3 is 2.29 bits per heavy atom. The third-order valence-corrected chi connectivity index (χ3v) is 8.35. The van der Waals surface area contributed by atoms with Crippen LogP contribution in [-0.2, 0) is 14.8 Å². The molecule has 0 amide bonds. The van der Waals surface area contributed by atoms with Gasteiger partial charge in [-0.3, -0.25) is 4.79 Å². The molecule has 2 aromatic rings. The maximum Gasteiger partial charge on any atom is 0.243 e. The molecule has 0 radical (unpaired) electrons. The summed E-state index contributed by atoms with van der Waals surface area (Å²) in [6.45, 7) is 6.50. The highest BCUT2D eigenvalue weighted by atomic mass is 32.2. The minimum Gasteiger partial charge on any atom is -0.457 e. The van der Waals surface area contributed by atoms with Crippen LogP contribution in [0.3, 0.4) is 0 Å². The van der Waals surface area contributed by atoms with Gasteiger partial charge in [0.25, 0.3) is 0 Å². The monoisotopic (exact) mass is 462 g/mol. The van der Waals surface area contributed by atoms with Crippen molar-refractivity contribution in [2.45, 2.75) is 37.6 Å². The van der Waals surface area contributed by atoms with Crippen molar-refractivity contribution in [1.82, 2.24) is 9.21 Å². The number of hydrogen-bond acceptors (Lipinski definition) is 6. The Morgan fingerprint density at radius 1 is 1.06 bits per heavy atom. The molecule has 0 unspecified atom stereocenters. The molecule has 0 aromatic heterocycles. The van der Waals surface area contributed by atoms with Crippen molar-refractivity contribution in [2.75, 3.05) is 31.9 Å². The number of rotatable bonds is 10. The van der Waals surface area contributed by atoms with Crippen LogP contribution in [0.4, 0.5) is 0 Å². The van der Waals surface area contributed by atoms with Crippen LogP contribution in [0.1, 0.15) is 26.7 Å². The van der Waals surface area contributed by atoms with Gasteiger partial charge in [0.2, 0.25) is 10.0 Å². The van der Waals surface area contributed by atoms with Gasteiger partial charge in [0.1, 0.15) is 11.5 Å². The van der Waals surface area contributed by atoms with Crippen LogP contribution in [0.5, 0.6) is 11.5 Å². The molecule has 3 rings (SSSR count). The molecule has 1 saturated heterocycles. The van der Waals surface area contributed by atoms with Gasteiger partial charge >= 0.3 is 0 Å². The van der Waals surface area contributed by atoms with E-state index >= 15 is 0 Å². The van der Waals surface area contributed by atoms with Gasteiger partial charge in [-0.05, 0) is 69.3 Å². The molecule has 31 heavy (non-hydrogen) atoms. The number of nitrogens with zero attached hydrogens (tertiary/aromatic N) is 2. The number of carbonyl (C=O) groups excluding carboxylic acids is 1. The van der Waals surface area contributed by atoms with E-state index in [1.807, 2.05) is 37.3 Å². The largest absolute Gasteiger partial charge is 0.457 e. The SMILES string of the molecule is CC(=O)SC[C@@H](C)N(CCN1CCCC1)S(=O)(=O)c1ccc(Oc2ccccc2)cc1. The highest BCUT2D eigenvalue weighted by Gasteiger charge is 2.30. The lowest BCUT2D eigenvalue weighted by atomic mass is 10.3. The second-order valence-electron chi connectivity index (χ2n) is 7.70. The van der Waals surface area contributed by atoms with Crippen LogP contribution in [0.2, 0.25) is 0 Å². The first-order chi connectivity index (χ1) is 14.9. The van der Waals surface area contributed by atoms with Crippen molar-refractivity contribution < 1.29 is 17.9 Å². The average Bonchev–Trinajstić information content (AvgIpc) is 3.27. The summed E-state index contributed by atoms with van der Waals surface area (Å²) in [6, 6.07) is 15.6. The summed E-state index contributed by atoms with van der Waals surface area (Å²) >= 11 is 1.16. The molecule has 168 valence electrons. The van der Waals surface area contributed by atoms with E-state index in [4.69, 9.17) is 4.74 Å². The highest BCUT2D eigenvalue weighted by molar-refractivity contribution is 8.13. The van der Waals surface area contributed by atoms with Gasteiger partial charge in [-0.2, -0.15) is 4.31 Å². The molecule has 1 atom stereocenters. The quantitative estimate of drug-likeness (QED) is 0.526. The molecule has 8 heteroatoms. The Kier molecular flexibility index (Phi) is 8.54. The lowest BCUT2D eigenvalue weighted by Gasteiger charge is -2.30. The molecular weight excluding hydrogens is 432 g/mol. The molecule has 0 aliphatic carbocycles. The third-order valence-electron chi connectivity index (χ3n) is 5.26. The van der Waals surface area contributed by atoms with Gasteiger partial charge in [0, 0.05) is 31.8 Å². The van der Waals surface area contributed by atoms with Crippen molar-refractivity contribution in [3.63, 3.8) is 0 Å². The van der Waals surface area contributed by atoms with Crippen molar-refractivity contribution in [3.05, 3.63) is 54.6 Å². The van der Waals surface area contributed by atoms with Gasteiger partial charge in [-0.1, -0.05) is 30.0 Å². The van der Waals surface area contributed by atoms with Crippen LogP contribution >= 0.6 is 11.8 Å². The predicted molar refractivity (Wildman–Crippen MR) is 125 cm³/mol. The Balaban J connectivity index is 1.75. The van der Waals surface area contributed by atoms with Gasteiger partial charge < -0.3 is 9.64 Å². The number of thioether (sulfide) groups is 1.